The summed E-state index contributed by atoms with van der Waals surface area (Å²) < 4.78 is 43.8. The summed E-state index contributed by atoms with van der Waals surface area (Å²) in [6.45, 7) is 0. The summed E-state index contributed by atoms with van der Waals surface area (Å²) >= 11 is 0. The first-order chi connectivity index (χ1) is 12.5. The fourth-order valence-corrected chi connectivity index (χ4v) is 2.52. The van der Waals surface area contributed by atoms with Crippen LogP contribution in [0.3, 0.4) is 0 Å². The highest BCUT2D eigenvalue weighted by Crippen LogP contribution is 2.32. The first-order valence-corrected chi connectivity index (χ1v) is 7.60. The minimum Gasteiger partial charge on any atom is -0.437 e. The van der Waals surface area contributed by atoms with Crippen LogP contribution in [0.4, 0.5) is 13.2 Å². The molecule has 5 nitrogen and oxygen atoms in total. The molecule has 0 unspecified atom stereocenters. The summed E-state index contributed by atoms with van der Waals surface area (Å²) in [7, 11) is 0. The molecule has 0 aliphatic carbocycles. The third-order valence-electron chi connectivity index (χ3n) is 3.78. The Morgan fingerprint density at radius 3 is 2.50 bits per heavy atom. The van der Waals surface area contributed by atoms with E-state index in [1.165, 1.54) is 18.5 Å². The molecule has 0 spiro atoms. The van der Waals surface area contributed by atoms with E-state index in [0.29, 0.717) is 22.5 Å². The zero-order valence-corrected chi connectivity index (χ0v) is 13.2. The Labute approximate surface area is 145 Å². The molecule has 0 aliphatic rings. The number of aromatic amines is 1. The summed E-state index contributed by atoms with van der Waals surface area (Å²) in [6.07, 6.45) is -1.52. The number of alkyl halides is 3. The maximum absolute atomic E-state index is 12.7. The van der Waals surface area contributed by atoms with Gasteiger partial charge in [-0.25, -0.2) is 15.0 Å². The van der Waals surface area contributed by atoms with Gasteiger partial charge in [0.2, 0.25) is 5.88 Å². The Bertz CT molecular complexity index is 1060. The Kier molecular flexibility index (Phi) is 3.80. The molecule has 2 aromatic carbocycles. The van der Waals surface area contributed by atoms with Crippen LogP contribution in [-0.2, 0) is 6.18 Å². The van der Waals surface area contributed by atoms with Crippen molar-refractivity contribution in [2.45, 2.75) is 6.18 Å². The minimum absolute atomic E-state index is 0.269. The molecular formula is C18H11F3N4O. The van der Waals surface area contributed by atoms with Crippen molar-refractivity contribution >= 4 is 11.0 Å². The van der Waals surface area contributed by atoms with E-state index >= 15 is 0 Å². The molecule has 0 bridgehead atoms. The van der Waals surface area contributed by atoms with Crippen molar-refractivity contribution in [2.24, 2.45) is 0 Å². The number of rotatable bonds is 3. The Balaban J connectivity index is 1.64. The second kappa shape index (κ2) is 6.14. The van der Waals surface area contributed by atoms with Crippen molar-refractivity contribution in [2.75, 3.05) is 0 Å². The standard InChI is InChI=1S/C18H11F3N4O/c19-18(20,21)12-6-4-11(5-7-12)14-8-16(24-9-23-14)26-15-3-1-2-13-17(15)25-10-22-13/h1-10H,(H,22,25). The van der Waals surface area contributed by atoms with Gasteiger partial charge in [-0.2, -0.15) is 13.2 Å². The summed E-state index contributed by atoms with van der Waals surface area (Å²) in [5.41, 5.74) is 1.75. The number of imidazole rings is 1. The number of nitrogens with one attached hydrogen (secondary N) is 1. The molecule has 0 aliphatic heterocycles. The molecule has 4 aromatic rings. The van der Waals surface area contributed by atoms with Crippen molar-refractivity contribution in [1.29, 1.82) is 0 Å². The van der Waals surface area contributed by atoms with Crippen LogP contribution < -0.4 is 4.74 Å². The lowest BCUT2D eigenvalue weighted by molar-refractivity contribution is -0.137. The van der Waals surface area contributed by atoms with E-state index in [4.69, 9.17) is 4.74 Å². The quantitative estimate of drug-likeness (QED) is 0.571. The fraction of sp³-hybridized carbons (Fsp3) is 0.0556. The van der Waals surface area contributed by atoms with E-state index in [9.17, 15) is 13.2 Å². The summed E-state index contributed by atoms with van der Waals surface area (Å²) in [6, 6.07) is 11.8. The van der Waals surface area contributed by atoms with Crippen molar-refractivity contribution in [3.8, 4) is 22.9 Å². The van der Waals surface area contributed by atoms with Gasteiger partial charge in [-0.15, -0.1) is 0 Å². The van der Waals surface area contributed by atoms with Gasteiger partial charge in [0.1, 0.15) is 11.8 Å². The lowest BCUT2D eigenvalue weighted by atomic mass is 10.1. The lowest BCUT2D eigenvalue weighted by Gasteiger charge is -2.09. The first-order valence-electron chi connectivity index (χ1n) is 7.60. The fourth-order valence-electron chi connectivity index (χ4n) is 2.52. The second-order valence-corrected chi connectivity index (χ2v) is 5.47. The molecule has 0 saturated heterocycles. The average Bonchev–Trinajstić information content (AvgIpc) is 3.11. The number of para-hydroxylation sites is 1. The third kappa shape index (κ3) is 3.08. The van der Waals surface area contributed by atoms with Gasteiger partial charge >= 0.3 is 6.18 Å². The van der Waals surface area contributed by atoms with Gasteiger partial charge in [0.05, 0.1) is 23.1 Å². The predicted molar refractivity (Wildman–Crippen MR) is 88.6 cm³/mol. The van der Waals surface area contributed by atoms with Gasteiger partial charge in [0, 0.05) is 11.6 Å². The number of aromatic nitrogens is 4. The van der Waals surface area contributed by atoms with Gasteiger partial charge in [-0.05, 0) is 24.3 Å². The second-order valence-electron chi connectivity index (χ2n) is 5.47. The molecule has 0 fully saturated rings. The first kappa shape index (κ1) is 16.1. The van der Waals surface area contributed by atoms with E-state index < -0.39 is 11.7 Å². The molecule has 4 rings (SSSR count). The van der Waals surface area contributed by atoms with E-state index in [1.807, 2.05) is 12.1 Å². The molecule has 130 valence electrons. The maximum Gasteiger partial charge on any atom is 0.416 e. The highest BCUT2D eigenvalue weighted by molar-refractivity contribution is 5.81. The number of hydrogen-bond donors (Lipinski definition) is 1. The van der Waals surface area contributed by atoms with Crippen LogP contribution in [0.25, 0.3) is 22.3 Å². The molecule has 0 amide bonds. The van der Waals surface area contributed by atoms with Gasteiger partial charge in [0.25, 0.3) is 0 Å². The number of benzene rings is 2. The van der Waals surface area contributed by atoms with Crippen molar-refractivity contribution < 1.29 is 17.9 Å². The van der Waals surface area contributed by atoms with Gasteiger partial charge in [-0.3, -0.25) is 0 Å². The summed E-state index contributed by atoms with van der Waals surface area (Å²) in [5, 5.41) is 0. The Morgan fingerprint density at radius 1 is 0.923 bits per heavy atom. The molecule has 0 radical (unpaired) electrons. The van der Waals surface area contributed by atoms with E-state index in [-0.39, 0.29) is 5.88 Å². The number of nitrogens with zero attached hydrogens (tertiary/aromatic N) is 3. The molecule has 8 heteroatoms. The number of hydrogen-bond acceptors (Lipinski definition) is 4. The van der Waals surface area contributed by atoms with Crippen LogP contribution >= 0.6 is 0 Å². The third-order valence-corrected chi connectivity index (χ3v) is 3.78. The van der Waals surface area contributed by atoms with Crippen LogP contribution in [0.1, 0.15) is 5.56 Å². The largest absolute Gasteiger partial charge is 0.437 e. The molecule has 1 N–H and O–H groups in total. The van der Waals surface area contributed by atoms with Gasteiger partial charge in [-0.1, -0.05) is 18.2 Å². The Hall–Kier alpha value is -3.42. The summed E-state index contributed by atoms with van der Waals surface area (Å²) in [4.78, 5) is 15.3. The predicted octanol–water partition coefficient (Wildman–Crippen LogP) is 4.83. The molecule has 0 saturated carbocycles. The summed E-state index contributed by atoms with van der Waals surface area (Å²) in [5.74, 6) is 0.784. The van der Waals surface area contributed by atoms with Crippen molar-refractivity contribution in [3.05, 3.63) is 66.7 Å². The van der Waals surface area contributed by atoms with Crippen LogP contribution in [0.5, 0.6) is 11.6 Å². The van der Waals surface area contributed by atoms with Crippen LogP contribution in [0.2, 0.25) is 0 Å². The van der Waals surface area contributed by atoms with Crippen LogP contribution in [-0.4, -0.2) is 19.9 Å². The van der Waals surface area contributed by atoms with Crippen LogP contribution in [0, 0.1) is 0 Å². The highest BCUT2D eigenvalue weighted by atomic mass is 19.4. The SMILES string of the molecule is FC(F)(F)c1ccc(-c2cc(Oc3cccc4[nH]cnc34)ncn2)cc1. The molecule has 0 atom stereocenters. The van der Waals surface area contributed by atoms with Crippen molar-refractivity contribution in [3.63, 3.8) is 0 Å². The molecule has 2 heterocycles. The minimum atomic E-state index is -4.37. The normalized spacial score (nSPS) is 11.7. The number of fused-ring (bicyclic) bond motifs is 1. The lowest BCUT2D eigenvalue weighted by Crippen LogP contribution is -2.04. The van der Waals surface area contributed by atoms with Crippen molar-refractivity contribution in [1.82, 2.24) is 19.9 Å². The van der Waals surface area contributed by atoms with E-state index in [0.717, 1.165) is 17.6 Å². The average molecular weight is 356 g/mol. The number of H-pyrrole nitrogens is 1. The Morgan fingerprint density at radius 2 is 1.73 bits per heavy atom. The molecule has 26 heavy (non-hydrogen) atoms. The molecule has 2 aromatic heterocycles. The zero-order valence-electron chi connectivity index (χ0n) is 13.2. The topological polar surface area (TPSA) is 63.7 Å². The van der Waals surface area contributed by atoms with Gasteiger partial charge in [0.15, 0.2) is 5.75 Å². The smallest absolute Gasteiger partial charge is 0.416 e. The van der Waals surface area contributed by atoms with Crippen LogP contribution in [0.15, 0.2) is 61.2 Å². The molecular weight excluding hydrogens is 345 g/mol. The highest BCUT2D eigenvalue weighted by Gasteiger charge is 2.30. The number of ether oxygens (including phenoxy) is 1. The zero-order chi connectivity index (χ0) is 18.1. The van der Waals surface area contributed by atoms with E-state index in [1.54, 1.807) is 18.5 Å². The maximum atomic E-state index is 12.7. The number of halogens is 3. The van der Waals surface area contributed by atoms with Gasteiger partial charge < -0.3 is 9.72 Å². The van der Waals surface area contributed by atoms with E-state index in [2.05, 4.69) is 19.9 Å². The monoisotopic (exact) mass is 356 g/mol.